The number of aromatic amines is 1. The number of likely N-dealkylation sites (tertiary alicyclic amines) is 1. The molecule has 0 radical (unpaired) electrons. The van der Waals surface area contributed by atoms with Gasteiger partial charge in [0.15, 0.2) is 5.82 Å². The second-order valence-corrected chi connectivity index (χ2v) is 6.94. The van der Waals surface area contributed by atoms with E-state index in [1.54, 1.807) is 17.0 Å². The zero-order chi connectivity index (χ0) is 19.3. The molecule has 0 spiro atoms. The Morgan fingerprint density at radius 3 is 2.71 bits per heavy atom. The number of halogens is 1. The number of H-pyrrole nitrogens is 1. The van der Waals surface area contributed by atoms with Gasteiger partial charge in [0.2, 0.25) is 0 Å². The summed E-state index contributed by atoms with van der Waals surface area (Å²) in [5.41, 5.74) is 2.01. The predicted molar refractivity (Wildman–Crippen MR) is 103 cm³/mol. The summed E-state index contributed by atoms with van der Waals surface area (Å²) in [7, 11) is 0. The second-order valence-electron chi connectivity index (χ2n) is 6.94. The van der Waals surface area contributed by atoms with Gasteiger partial charge < -0.3 is 10.2 Å². The number of nitrogens with one attached hydrogen (secondary N) is 2. The fraction of sp³-hybridized carbons (Fsp3) is 0.286. The Hall–Kier alpha value is -3.22. The molecule has 7 heteroatoms. The molecule has 0 bridgehead atoms. The van der Waals surface area contributed by atoms with Crippen LogP contribution < -0.4 is 5.32 Å². The van der Waals surface area contributed by atoms with Crippen LogP contribution in [0.4, 0.5) is 9.18 Å². The highest BCUT2D eigenvalue weighted by atomic mass is 19.1. The van der Waals surface area contributed by atoms with E-state index in [0.717, 1.165) is 24.0 Å². The van der Waals surface area contributed by atoms with Gasteiger partial charge in [-0.2, -0.15) is 5.10 Å². The van der Waals surface area contributed by atoms with Crippen LogP contribution in [-0.2, 0) is 13.0 Å². The SMILES string of the molecule is O=C(NCc1ccccc1)N1CCC[C@H]1c1n[nH]c(Cc2ccc(F)cc2)n1. The summed E-state index contributed by atoms with van der Waals surface area (Å²) in [6.45, 7) is 1.18. The van der Waals surface area contributed by atoms with Gasteiger partial charge in [-0.3, -0.25) is 5.10 Å². The Labute approximate surface area is 162 Å². The topological polar surface area (TPSA) is 73.9 Å². The number of hydrogen-bond donors (Lipinski definition) is 2. The normalized spacial score (nSPS) is 16.3. The summed E-state index contributed by atoms with van der Waals surface area (Å²) in [5, 5.41) is 10.3. The van der Waals surface area contributed by atoms with Crippen molar-refractivity contribution < 1.29 is 9.18 Å². The molecule has 1 saturated heterocycles. The number of rotatable bonds is 5. The summed E-state index contributed by atoms with van der Waals surface area (Å²) in [6.07, 6.45) is 2.30. The molecule has 2 amide bonds. The molecule has 4 rings (SSSR count). The molecule has 2 heterocycles. The molecule has 0 saturated carbocycles. The third kappa shape index (κ3) is 4.19. The van der Waals surface area contributed by atoms with Crippen LogP contribution in [0.25, 0.3) is 0 Å². The van der Waals surface area contributed by atoms with E-state index in [1.165, 1.54) is 12.1 Å². The second kappa shape index (κ2) is 8.21. The van der Waals surface area contributed by atoms with Crippen LogP contribution in [0.3, 0.4) is 0 Å². The minimum Gasteiger partial charge on any atom is -0.334 e. The third-order valence-electron chi connectivity index (χ3n) is 4.93. The molecular weight excluding hydrogens is 357 g/mol. The van der Waals surface area contributed by atoms with Crippen molar-refractivity contribution >= 4 is 6.03 Å². The molecule has 144 valence electrons. The molecule has 0 aliphatic carbocycles. The molecule has 3 aromatic rings. The van der Waals surface area contributed by atoms with Crippen LogP contribution in [0.5, 0.6) is 0 Å². The van der Waals surface area contributed by atoms with Crippen molar-refractivity contribution in [3.05, 3.63) is 83.2 Å². The summed E-state index contributed by atoms with van der Waals surface area (Å²) < 4.78 is 13.0. The first kappa shape index (κ1) is 18.2. The largest absolute Gasteiger partial charge is 0.334 e. The van der Waals surface area contributed by atoms with Crippen LogP contribution in [0.2, 0.25) is 0 Å². The molecule has 1 fully saturated rings. The lowest BCUT2D eigenvalue weighted by Gasteiger charge is -2.23. The summed E-state index contributed by atoms with van der Waals surface area (Å²) in [4.78, 5) is 19.0. The first-order valence-electron chi connectivity index (χ1n) is 9.43. The number of carbonyl (C=O) groups is 1. The maximum Gasteiger partial charge on any atom is 0.318 e. The van der Waals surface area contributed by atoms with E-state index < -0.39 is 0 Å². The smallest absolute Gasteiger partial charge is 0.318 e. The van der Waals surface area contributed by atoms with Gasteiger partial charge in [-0.05, 0) is 36.1 Å². The van der Waals surface area contributed by atoms with E-state index in [2.05, 4.69) is 20.5 Å². The van der Waals surface area contributed by atoms with Crippen LogP contribution in [0.15, 0.2) is 54.6 Å². The first-order valence-corrected chi connectivity index (χ1v) is 9.43. The molecule has 6 nitrogen and oxygen atoms in total. The van der Waals surface area contributed by atoms with E-state index in [9.17, 15) is 9.18 Å². The van der Waals surface area contributed by atoms with Crippen molar-refractivity contribution in [2.45, 2.75) is 31.8 Å². The van der Waals surface area contributed by atoms with Crippen molar-refractivity contribution in [3.63, 3.8) is 0 Å². The zero-order valence-electron chi connectivity index (χ0n) is 15.4. The van der Waals surface area contributed by atoms with E-state index in [0.29, 0.717) is 31.2 Å². The monoisotopic (exact) mass is 379 g/mol. The molecule has 1 aromatic heterocycles. The van der Waals surface area contributed by atoms with Gasteiger partial charge in [-0.25, -0.2) is 14.2 Å². The lowest BCUT2D eigenvalue weighted by atomic mass is 10.1. The number of nitrogens with zero attached hydrogens (tertiary/aromatic N) is 3. The minimum absolute atomic E-state index is 0.101. The molecule has 2 aromatic carbocycles. The number of aromatic nitrogens is 3. The van der Waals surface area contributed by atoms with E-state index >= 15 is 0 Å². The number of hydrogen-bond acceptors (Lipinski definition) is 3. The Morgan fingerprint density at radius 1 is 1.14 bits per heavy atom. The van der Waals surface area contributed by atoms with Gasteiger partial charge in [0, 0.05) is 19.5 Å². The third-order valence-corrected chi connectivity index (χ3v) is 4.93. The highest BCUT2D eigenvalue weighted by Crippen LogP contribution is 2.29. The lowest BCUT2D eigenvalue weighted by molar-refractivity contribution is 0.190. The molecule has 1 aliphatic heterocycles. The van der Waals surface area contributed by atoms with Crippen LogP contribution in [0.1, 0.15) is 41.7 Å². The van der Waals surface area contributed by atoms with Gasteiger partial charge in [0.25, 0.3) is 0 Å². The average Bonchev–Trinajstić information content (AvgIpc) is 3.38. The minimum atomic E-state index is -0.259. The van der Waals surface area contributed by atoms with Gasteiger partial charge in [-0.15, -0.1) is 0 Å². The van der Waals surface area contributed by atoms with Crippen LogP contribution >= 0.6 is 0 Å². The molecule has 1 aliphatic rings. The van der Waals surface area contributed by atoms with Crippen molar-refractivity contribution in [2.75, 3.05) is 6.54 Å². The molecule has 1 atom stereocenters. The van der Waals surface area contributed by atoms with Gasteiger partial charge in [0.1, 0.15) is 11.6 Å². The van der Waals surface area contributed by atoms with E-state index in [1.807, 2.05) is 30.3 Å². The average molecular weight is 379 g/mol. The van der Waals surface area contributed by atoms with Crippen molar-refractivity contribution in [3.8, 4) is 0 Å². The van der Waals surface area contributed by atoms with E-state index in [-0.39, 0.29) is 17.9 Å². The number of urea groups is 1. The zero-order valence-corrected chi connectivity index (χ0v) is 15.4. The maximum absolute atomic E-state index is 13.0. The first-order chi connectivity index (χ1) is 13.7. The molecular formula is C21H22FN5O. The Kier molecular flexibility index (Phi) is 5.32. The van der Waals surface area contributed by atoms with Gasteiger partial charge in [0.05, 0.1) is 6.04 Å². The number of carbonyl (C=O) groups excluding carboxylic acids is 1. The van der Waals surface area contributed by atoms with Gasteiger partial charge >= 0.3 is 6.03 Å². The summed E-state index contributed by atoms with van der Waals surface area (Å²) >= 11 is 0. The van der Waals surface area contributed by atoms with Crippen molar-refractivity contribution in [2.24, 2.45) is 0 Å². The molecule has 28 heavy (non-hydrogen) atoms. The summed E-state index contributed by atoms with van der Waals surface area (Å²) in [5.74, 6) is 1.08. The fourth-order valence-electron chi connectivity index (χ4n) is 3.49. The summed E-state index contributed by atoms with van der Waals surface area (Å²) in [6, 6.07) is 15.9. The lowest BCUT2D eigenvalue weighted by Crippen LogP contribution is -2.39. The van der Waals surface area contributed by atoms with Crippen LogP contribution in [-0.4, -0.2) is 32.7 Å². The van der Waals surface area contributed by atoms with Crippen molar-refractivity contribution in [1.29, 1.82) is 0 Å². The Balaban J connectivity index is 1.39. The number of benzene rings is 2. The standard InChI is InChI=1S/C21H22FN5O/c22-17-10-8-15(9-11-17)13-19-24-20(26-25-19)18-7-4-12-27(18)21(28)23-14-16-5-2-1-3-6-16/h1-3,5-6,8-11,18H,4,7,12-14H2,(H,23,28)(H,24,25,26)/t18-/m0/s1. The van der Waals surface area contributed by atoms with Gasteiger partial charge in [-0.1, -0.05) is 42.5 Å². The van der Waals surface area contributed by atoms with E-state index in [4.69, 9.17) is 0 Å². The van der Waals surface area contributed by atoms with Crippen molar-refractivity contribution in [1.82, 2.24) is 25.4 Å². The Morgan fingerprint density at radius 2 is 1.93 bits per heavy atom. The van der Waals surface area contributed by atoms with Crippen LogP contribution in [0, 0.1) is 5.82 Å². The molecule has 0 unspecified atom stereocenters. The quantitative estimate of drug-likeness (QED) is 0.712. The number of amides is 2. The molecule has 2 N–H and O–H groups in total. The maximum atomic E-state index is 13.0. The Bertz CT molecular complexity index is 925. The highest BCUT2D eigenvalue weighted by molar-refractivity contribution is 5.75. The highest BCUT2D eigenvalue weighted by Gasteiger charge is 2.32. The fourth-order valence-corrected chi connectivity index (χ4v) is 3.49. The predicted octanol–water partition coefficient (Wildman–Crippen LogP) is 3.58.